The van der Waals surface area contributed by atoms with Crippen LogP contribution in [0.2, 0.25) is 5.02 Å². The summed E-state index contributed by atoms with van der Waals surface area (Å²) in [4.78, 5) is 13.9. The van der Waals surface area contributed by atoms with Gasteiger partial charge in [0.05, 0.1) is 27.5 Å². The van der Waals surface area contributed by atoms with Crippen LogP contribution in [0.4, 0.5) is 0 Å². The minimum atomic E-state index is -3.78. The summed E-state index contributed by atoms with van der Waals surface area (Å²) in [6.45, 7) is 7.27. The number of carbonyl (C=O) groups is 1. The van der Waals surface area contributed by atoms with E-state index < -0.39 is 37.8 Å². The normalized spacial score (nSPS) is 15.6. The molecule has 1 saturated heterocycles. The molecule has 6 rings (SSSR count). The summed E-state index contributed by atoms with van der Waals surface area (Å²) in [7, 11) is -7.57. The number of carboxylic acid groups (broad SMARTS) is 1. The van der Waals surface area contributed by atoms with Crippen LogP contribution >= 0.6 is 11.6 Å². The minimum Gasteiger partial charge on any atom is -0.488 e. The fourth-order valence-corrected chi connectivity index (χ4v) is 9.38. The largest absolute Gasteiger partial charge is 0.488 e. The van der Waals surface area contributed by atoms with Gasteiger partial charge >= 0.3 is 5.97 Å². The third-order valence-electron chi connectivity index (χ3n) is 11.7. The smallest absolute Gasteiger partial charge is 0.326 e. The van der Waals surface area contributed by atoms with Crippen LogP contribution in [0.3, 0.4) is 0 Å². The highest BCUT2D eigenvalue weighted by Gasteiger charge is 2.32. The summed E-state index contributed by atoms with van der Waals surface area (Å²) < 4.78 is 62.4. The molecule has 4 N–H and O–H groups in total. The summed E-state index contributed by atoms with van der Waals surface area (Å²) in [5.41, 5.74) is 7.70. The fraction of sp³-hybridized carbons (Fsp3) is 0.354. The van der Waals surface area contributed by atoms with Crippen molar-refractivity contribution >= 4 is 37.2 Å². The Morgan fingerprint density at radius 1 is 0.810 bits per heavy atom. The van der Waals surface area contributed by atoms with Crippen molar-refractivity contribution in [2.45, 2.75) is 81.2 Å². The van der Waals surface area contributed by atoms with Crippen LogP contribution in [0.1, 0.15) is 53.1 Å². The molecule has 5 aromatic carbocycles. The van der Waals surface area contributed by atoms with Crippen molar-refractivity contribution in [1.82, 2.24) is 10.2 Å². The van der Waals surface area contributed by atoms with Crippen LogP contribution in [0.15, 0.2) is 101 Å². The van der Waals surface area contributed by atoms with Gasteiger partial charge in [-0.15, -0.1) is 0 Å². The first-order valence-electron chi connectivity index (χ1n) is 20.7. The van der Waals surface area contributed by atoms with Gasteiger partial charge in [-0.3, -0.25) is 10.1 Å². The molecule has 0 aliphatic carbocycles. The summed E-state index contributed by atoms with van der Waals surface area (Å²) in [6.07, 6.45) is 4.64. The second-order valence-corrected chi connectivity index (χ2v) is 21.0. The number of aryl methyl sites for hydroxylation is 1. The van der Waals surface area contributed by atoms with E-state index in [0.717, 1.165) is 96.4 Å². The Labute approximate surface area is 375 Å². The second-order valence-electron chi connectivity index (χ2n) is 16.6. The van der Waals surface area contributed by atoms with E-state index in [4.69, 9.17) is 21.1 Å². The molecule has 0 unspecified atom stereocenters. The van der Waals surface area contributed by atoms with Gasteiger partial charge in [0.2, 0.25) is 0 Å². The van der Waals surface area contributed by atoms with E-state index in [1.807, 2.05) is 19.1 Å². The van der Waals surface area contributed by atoms with Gasteiger partial charge in [-0.1, -0.05) is 72.3 Å². The monoisotopic (exact) mass is 918 g/mol. The lowest BCUT2D eigenvalue weighted by Gasteiger charge is -2.25. The molecule has 12 nitrogen and oxygen atoms in total. The zero-order valence-corrected chi connectivity index (χ0v) is 38.5. The molecule has 1 heterocycles. The maximum atomic E-state index is 12.5. The molecule has 63 heavy (non-hydrogen) atoms. The van der Waals surface area contributed by atoms with Gasteiger partial charge in [0.1, 0.15) is 30.3 Å². The Morgan fingerprint density at radius 3 is 2.03 bits per heavy atom. The highest BCUT2D eigenvalue weighted by atomic mass is 35.5. The predicted octanol–water partition coefficient (Wildman–Crippen LogP) is 7.18. The van der Waals surface area contributed by atoms with Crippen molar-refractivity contribution < 1.29 is 46.4 Å². The number of hydrogen-bond acceptors (Lipinski definition) is 11. The lowest BCUT2D eigenvalue weighted by Crippen LogP contribution is -2.52. The molecular formula is C48H55ClN2O10S2. The number of aliphatic carboxylic acids is 1. The summed E-state index contributed by atoms with van der Waals surface area (Å²) >= 11 is 6.79. The lowest BCUT2D eigenvalue weighted by atomic mass is 9.89. The van der Waals surface area contributed by atoms with Crippen LogP contribution in [-0.2, 0) is 50.6 Å². The highest BCUT2D eigenvalue weighted by molar-refractivity contribution is 7.91. The van der Waals surface area contributed by atoms with Crippen LogP contribution in [0.5, 0.6) is 11.5 Å². The molecule has 2 atom stereocenters. The summed E-state index contributed by atoms with van der Waals surface area (Å²) in [6, 6.07) is 28.0. The topological polar surface area (TPSA) is 180 Å². The van der Waals surface area contributed by atoms with Crippen LogP contribution in [0.25, 0.3) is 22.3 Å². The maximum absolute atomic E-state index is 12.5. The van der Waals surface area contributed by atoms with Crippen molar-refractivity contribution in [3.8, 4) is 33.8 Å². The van der Waals surface area contributed by atoms with Crippen molar-refractivity contribution in [1.29, 1.82) is 0 Å². The van der Waals surface area contributed by atoms with Crippen molar-refractivity contribution in [2.75, 3.05) is 38.8 Å². The van der Waals surface area contributed by atoms with E-state index in [0.29, 0.717) is 5.56 Å². The zero-order chi connectivity index (χ0) is 45.7. The van der Waals surface area contributed by atoms with E-state index in [2.05, 4.69) is 65.7 Å². The third-order valence-corrected chi connectivity index (χ3v) is 14.1. The molecule has 1 aliphatic heterocycles. The molecule has 0 spiro atoms. The summed E-state index contributed by atoms with van der Waals surface area (Å²) in [5, 5.41) is 32.5. The van der Waals surface area contributed by atoms with Crippen molar-refractivity contribution in [3.63, 3.8) is 0 Å². The number of benzene rings is 5. The Kier molecular flexibility index (Phi) is 15.1. The molecule has 0 amide bonds. The molecule has 336 valence electrons. The number of nitrogens with one attached hydrogen (secondary N) is 1. The van der Waals surface area contributed by atoms with Crippen LogP contribution in [-0.4, -0.2) is 93.4 Å². The molecule has 0 saturated carbocycles. The molecular weight excluding hydrogens is 864 g/mol. The van der Waals surface area contributed by atoms with Gasteiger partial charge in [-0.2, -0.15) is 0 Å². The zero-order valence-electron chi connectivity index (χ0n) is 36.1. The number of carboxylic acids is 1. The average Bonchev–Trinajstić information content (AvgIpc) is 3.66. The summed E-state index contributed by atoms with van der Waals surface area (Å²) in [5.74, 6) is -0.825. The van der Waals surface area contributed by atoms with Gasteiger partial charge in [-0.05, 0) is 121 Å². The Bertz CT molecular complexity index is 2640. The van der Waals surface area contributed by atoms with E-state index in [1.54, 1.807) is 12.1 Å². The molecule has 15 heteroatoms. The van der Waals surface area contributed by atoms with E-state index >= 15 is 0 Å². The van der Waals surface area contributed by atoms with Crippen LogP contribution < -0.4 is 14.8 Å². The van der Waals surface area contributed by atoms with Gasteiger partial charge < -0.3 is 29.7 Å². The van der Waals surface area contributed by atoms with E-state index in [9.17, 15) is 36.9 Å². The van der Waals surface area contributed by atoms with Crippen LogP contribution in [0, 0.1) is 13.8 Å². The predicted molar refractivity (Wildman–Crippen MR) is 245 cm³/mol. The molecule has 0 radical (unpaired) electrons. The van der Waals surface area contributed by atoms with E-state index in [1.165, 1.54) is 24.6 Å². The first-order chi connectivity index (χ1) is 29.8. The number of β-amino-alcohol motifs (C(OH)–C–C–N with tert-alkyl or cyclic N) is 1. The first kappa shape index (κ1) is 47.7. The number of ether oxygens (including phenoxy) is 2. The highest BCUT2D eigenvalue weighted by Crippen LogP contribution is 2.37. The Hall–Kier alpha value is -4.80. The number of halogens is 1. The number of likely N-dealkylation sites (tertiary alicyclic amines) is 1. The number of aliphatic hydroxyl groups excluding tert-OH is 2. The Balaban J connectivity index is 1.23. The van der Waals surface area contributed by atoms with Gasteiger partial charge in [-0.25, -0.2) is 16.8 Å². The molecule has 1 aliphatic rings. The second kappa shape index (κ2) is 19.9. The number of aliphatic hydroxyl groups is 2. The first-order valence-corrected chi connectivity index (χ1v) is 24.8. The average molecular weight is 920 g/mol. The maximum Gasteiger partial charge on any atom is 0.326 e. The lowest BCUT2D eigenvalue weighted by molar-refractivity contribution is -0.145. The molecule has 1 fully saturated rings. The molecule has 0 bridgehead atoms. The minimum absolute atomic E-state index is 0.105. The number of nitrogens with zero attached hydrogens (tertiary/aromatic N) is 1. The fourth-order valence-electron chi connectivity index (χ4n) is 7.65. The molecule has 0 aromatic heterocycles. The number of rotatable bonds is 19. The van der Waals surface area contributed by atoms with Gasteiger partial charge in [0, 0.05) is 43.8 Å². The Morgan fingerprint density at radius 2 is 1.43 bits per heavy atom. The molecule has 5 aromatic rings. The SMILES string of the molecule is Cc1c(COc2cc(OCc3cc(S(C)(=O)=O)cc(S(C)(=O)=O)c3)c(CN[C@@](C)(CO)C(=O)O)cc2Cl)cccc1-c1cccc(-c2ccc(CCCN3CC[C@@H](O)C3)cc2)c1C. The number of sulfone groups is 2. The number of hydrogen-bond donors (Lipinski definition) is 4. The van der Waals surface area contributed by atoms with Crippen molar-refractivity contribution in [3.05, 3.63) is 129 Å². The third kappa shape index (κ3) is 11.9. The van der Waals surface area contributed by atoms with E-state index in [-0.39, 0.29) is 57.7 Å². The van der Waals surface area contributed by atoms with Gasteiger partial charge in [0.15, 0.2) is 19.7 Å². The van der Waals surface area contributed by atoms with Gasteiger partial charge in [0.25, 0.3) is 0 Å². The quantitative estimate of drug-likeness (QED) is 0.0657. The van der Waals surface area contributed by atoms with Crippen molar-refractivity contribution in [2.24, 2.45) is 0 Å². The standard InChI is InChI=1S/C48H55ClN2O10S2/c1-31-36(10-6-12-42(31)43-13-7-11-41(32(43)2)35-16-14-33(15-17-35)9-8-19-51-20-18-38(53)27-51)29-61-46-25-45(37(23-44(46)49)26-50-48(3,30-52)47(54)55)60-28-34-21-39(62(4,56)57)24-40(22-34)63(5,58)59/h6-7,10-17,21-25,38,50,52-53H,8-9,18-20,26-30H2,1-5H3,(H,54,55)/t38-,48+/m1/s1.